The van der Waals surface area contributed by atoms with Crippen LogP contribution >= 0.6 is 0 Å². The van der Waals surface area contributed by atoms with E-state index in [4.69, 9.17) is 24.5 Å². The SMILES string of the molecule is C[C@H]1O[C@H](Oc2cccc3nc4c(N(C)c5ccc(C(=O)O)cc5)cccc4nc23)[C@@H](O)[C@@H](O)[C@@H]1O. The fourth-order valence-corrected chi connectivity index (χ4v) is 4.25. The predicted molar refractivity (Wildman–Crippen MR) is 131 cm³/mol. The largest absolute Gasteiger partial charge is 0.478 e. The average Bonchev–Trinajstić information content (AvgIpc) is 2.89. The summed E-state index contributed by atoms with van der Waals surface area (Å²) in [5.74, 6) is -0.680. The third-order valence-corrected chi connectivity index (χ3v) is 6.35. The minimum absolute atomic E-state index is 0.201. The molecule has 1 fully saturated rings. The van der Waals surface area contributed by atoms with E-state index in [2.05, 4.69) is 0 Å². The molecular weight excluding hydrogens is 466 g/mol. The number of para-hydroxylation sites is 2. The molecule has 0 bridgehead atoms. The van der Waals surface area contributed by atoms with Gasteiger partial charge in [0.1, 0.15) is 29.3 Å². The molecule has 10 nitrogen and oxygen atoms in total. The lowest BCUT2D eigenvalue weighted by atomic mass is 10.00. The van der Waals surface area contributed by atoms with Gasteiger partial charge < -0.3 is 34.8 Å². The van der Waals surface area contributed by atoms with Gasteiger partial charge in [-0.1, -0.05) is 12.1 Å². The highest BCUT2D eigenvalue weighted by Gasteiger charge is 2.43. The number of hydrogen-bond donors (Lipinski definition) is 4. The van der Waals surface area contributed by atoms with Gasteiger partial charge in [0, 0.05) is 12.7 Å². The van der Waals surface area contributed by atoms with Crippen molar-refractivity contribution >= 4 is 39.4 Å². The van der Waals surface area contributed by atoms with Crippen LogP contribution < -0.4 is 9.64 Å². The van der Waals surface area contributed by atoms with Crippen molar-refractivity contribution in [2.24, 2.45) is 0 Å². The van der Waals surface area contributed by atoms with Crippen LogP contribution in [0.4, 0.5) is 11.4 Å². The highest BCUT2D eigenvalue weighted by molar-refractivity contribution is 5.97. The maximum Gasteiger partial charge on any atom is 0.335 e. The van der Waals surface area contributed by atoms with Gasteiger partial charge in [-0.15, -0.1) is 0 Å². The first-order valence-electron chi connectivity index (χ1n) is 11.4. The molecule has 1 aromatic heterocycles. The van der Waals surface area contributed by atoms with Gasteiger partial charge in [0.2, 0.25) is 6.29 Å². The molecule has 3 aromatic carbocycles. The van der Waals surface area contributed by atoms with E-state index < -0.39 is 36.7 Å². The summed E-state index contributed by atoms with van der Waals surface area (Å²) in [5.41, 5.74) is 3.97. The van der Waals surface area contributed by atoms with E-state index in [1.807, 2.05) is 30.1 Å². The van der Waals surface area contributed by atoms with Crippen LogP contribution in [0, 0.1) is 0 Å². The van der Waals surface area contributed by atoms with Crippen molar-refractivity contribution in [1.29, 1.82) is 0 Å². The van der Waals surface area contributed by atoms with Gasteiger partial charge in [-0.25, -0.2) is 14.8 Å². The highest BCUT2D eigenvalue weighted by atomic mass is 16.7. The van der Waals surface area contributed by atoms with Crippen molar-refractivity contribution in [1.82, 2.24) is 9.97 Å². The van der Waals surface area contributed by atoms with Gasteiger partial charge >= 0.3 is 5.97 Å². The molecule has 0 amide bonds. The first-order valence-corrected chi connectivity index (χ1v) is 11.4. The molecule has 186 valence electrons. The molecule has 2 heterocycles. The molecule has 0 aliphatic carbocycles. The Labute approximate surface area is 206 Å². The van der Waals surface area contributed by atoms with E-state index in [1.54, 1.807) is 49.4 Å². The average molecular weight is 492 g/mol. The zero-order valence-electron chi connectivity index (χ0n) is 19.5. The number of aromatic nitrogens is 2. The molecule has 36 heavy (non-hydrogen) atoms. The number of nitrogens with zero attached hydrogens (tertiary/aromatic N) is 3. The van der Waals surface area contributed by atoms with E-state index in [-0.39, 0.29) is 5.56 Å². The van der Waals surface area contributed by atoms with Gasteiger partial charge in [-0.05, 0) is 55.5 Å². The second-order valence-electron chi connectivity index (χ2n) is 8.70. The normalized spacial score (nSPS) is 24.1. The number of hydrogen-bond acceptors (Lipinski definition) is 9. The quantitative estimate of drug-likeness (QED) is 0.307. The molecule has 1 saturated heterocycles. The minimum atomic E-state index is -1.45. The zero-order valence-corrected chi connectivity index (χ0v) is 19.5. The van der Waals surface area contributed by atoms with Crippen LogP contribution in [0.5, 0.6) is 5.75 Å². The fourth-order valence-electron chi connectivity index (χ4n) is 4.25. The number of aromatic carboxylic acids is 1. The van der Waals surface area contributed by atoms with Crippen molar-refractivity contribution in [3.63, 3.8) is 0 Å². The van der Waals surface area contributed by atoms with Crippen LogP contribution in [0.15, 0.2) is 60.7 Å². The minimum Gasteiger partial charge on any atom is -0.478 e. The maximum absolute atomic E-state index is 11.2. The van der Waals surface area contributed by atoms with Crippen LogP contribution in [-0.2, 0) is 4.74 Å². The van der Waals surface area contributed by atoms with Crippen LogP contribution in [0.25, 0.3) is 22.1 Å². The Kier molecular flexibility index (Phi) is 6.19. The molecule has 1 aliphatic rings. The van der Waals surface area contributed by atoms with Crippen molar-refractivity contribution in [2.75, 3.05) is 11.9 Å². The number of benzene rings is 3. The van der Waals surface area contributed by atoms with Gasteiger partial charge in [0.05, 0.1) is 28.4 Å². The Morgan fingerprint density at radius 3 is 2.22 bits per heavy atom. The zero-order chi connectivity index (χ0) is 25.6. The summed E-state index contributed by atoms with van der Waals surface area (Å²) < 4.78 is 11.5. The lowest BCUT2D eigenvalue weighted by Gasteiger charge is -2.38. The van der Waals surface area contributed by atoms with Gasteiger partial charge in [-0.3, -0.25) is 0 Å². The summed E-state index contributed by atoms with van der Waals surface area (Å²) in [6.07, 6.45) is -6.03. The molecule has 0 unspecified atom stereocenters. The monoisotopic (exact) mass is 491 g/mol. The summed E-state index contributed by atoms with van der Waals surface area (Å²) in [6.45, 7) is 1.58. The first-order chi connectivity index (χ1) is 17.2. The number of aliphatic hydroxyl groups excluding tert-OH is 3. The van der Waals surface area contributed by atoms with Gasteiger partial charge in [0.15, 0.2) is 5.75 Å². The van der Waals surface area contributed by atoms with Crippen molar-refractivity contribution in [2.45, 2.75) is 37.6 Å². The lowest BCUT2D eigenvalue weighted by Crippen LogP contribution is -2.58. The highest BCUT2D eigenvalue weighted by Crippen LogP contribution is 2.33. The maximum atomic E-state index is 11.2. The third-order valence-electron chi connectivity index (χ3n) is 6.35. The van der Waals surface area contributed by atoms with Crippen LogP contribution in [0.3, 0.4) is 0 Å². The van der Waals surface area contributed by atoms with Crippen LogP contribution in [-0.4, -0.2) is 74.1 Å². The number of rotatable bonds is 5. The van der Waals surface area contributed by atoms with Gasteiger partial charge in [0.25, 0.3) is 0 Å². The molecule has 1 aliphatic heterocycles. The molecule has 4 N–H and O–H groups in total. The Hall–Kier alpha value is -3.83. The van der Waals surface area contributed by atoms with Gasteiger partial charge in [-0.2, -0.15) is 0 Å². The Morgan fingerprint density at radius 2 is 1.53 bits per heavy atom. The van der Waals surface area contributed by atoms with Crippen molar-refractivity contribution in [3.05, 3.63) is 66.2 Å². The summed E-state index contributed by atoms with van der Waals surface area (Å²) in [4.78, 5) is 22.6. The van der Waals surface area contributed by atoms with E-state index in [0.717, 1.165) is 11.4 Å². The summed E-state index contributed by atoms with van der Waals surface area (Å²) in [6, 6.07) is 17.3. The molecule has 5 rings (SSSR count). The number of anilines is 2. The number of carbonyl (C=O) groups is 1. The molecule has 10 heteroatoms. The molecule has 0 saturated carbocycles. The summed E-state index contributed by atoms with van der Waals surface area (Å²) in [7, 11) is 1.86. The van der Waals surface area contributed by atoms with Crippen molar-refractivity contribution in [3.8, 4) is 5.75 Å². The van der Waals surface area contributed by atoms with E-state index in [1.165, 1.54) is 0 Å². The molecule has 4 aromatic rings. The first kappa shape index (κ1) is 23.9. The molecule has 5 atom stereocenters. The lowest BCUT2D eigenvalue weighted by molar-refractivity contribution is -0.267. The van der Waals surface area contributed by atoms with Crippen LogP contribution in [0.2, 0.25) is 0 Å². The Morgan fingerprint density at radius 1 is 0.889 bits per heavy atom. The molecule has 0 radical (unpaired) electrons. The topological polar surface area (TPSA) is 145 Å². The number of fused-ring (bicyclic) bond motifs is 2. The number of carboxylic acids is 1. The molecule has 0 spiro atoms. The number of ether oxygens (including phenoxy) is 2. The predicted octanol–water partition coefficient (Wildman–Crippen LogP) is 2.46. The molecular formula is C26H25N3O7. The van der Waals surface area contributed by atoms with Crippen molar-refractivity contribution < 1.29 is 34.7 Å². The second-order valence-corrected chi connectivity index (χ2v) is 8.70. The second kappa shape index (κ2) is 9.32. The number of carboxylic acid groups (broad SMARTS) is 1. The summed E-state index contributed by atoms with van der Waals surface area (Å²) in [5, 5.41) is 39.6. The van der Waals surface area contributed by atoms with Crippen LogP contribution in [0.1, 0.15) is 17.3 Å². The number of aliphatic hydroxyl groups is 3. The Balaban J connectivity index is 1.52. The van der Waals surface area contributed by atoms with E-state index in [9.17, 15) is 20.1 Å². The fraction of sp³-hybridized carbons (Fsp3) is 0.269. The Bertz CT molecular complexity index is 1430. The van der Waals surface area contributed by atoms with E-state index >= 15 is 0 Å². The third kappa shape index (κ3) is 4.20. The summed E-state index contributed by atoms with van der Waals surface area (Å²) >= 11 is 0. The standard InChI is InChI=1S/C26H25N3O7/c1-13-22(30)23(31)24(32)26(35-13)36-19-8-4-6-17-21(19)28-16-5-3-7-18(20(16)27-17)29(2)15-11-9-14(10-12-15)25(33)34/h3-13,22-24,26,30-32H,1-2H3,(H,33,34)/t13-,22-,23+,24+,26-/m1/s1. The smallest absolute Gasteiger partial charge is 0.335 e. The van der Waals surface area contributed by atoms with E-state index in [0.29, 0.717) is 27.8 Å².